The Kier molecular flexibility index (Phi) is 4220. The molecule has 0 heterocycles. The first-order chi connectivity index (χ1) is 2.00. The standard InChI is InChI=1S/2CN.CH4.Pt/c2*1-2;;/h;;1H4;/q2*-1;;+2. The van der Waals surface area contributed by atoms with Gasteiger partial charge in [0.25, 0.3) is 0 Å². The van der Waals surface area contributed by atoms with Crippen LogP contribution in [0.25, 0.3) is 0 Å². The van der Waals surface area contributed by atoms with E-state index in [1.165, 1.54) is 0 Å². The Morgan fingerprint density at radius 2 is 0.833 bits per heavy atom. The van der Waals surface area contributed by atoms with Crippen molar-refractivity contribution in [2.45, 2.75) is 7.43 Å². The predicted octanol–water partition coefficient (Wildman–Crippen LogP) is 0.826. The summed E-state index contributed by atoms with van der Waals surface area (Å²) in [5.41, 5.74) is 0. The third-order valence-corrected chi connectivity index (χ3v) is 0. The van der Waals surface area contributed by atoms with Gasteiger partial charge in [0.2, 0.25) is 0 Å². The molecule has 0 aromatic carbocycles. The Hall–Kier alpha value is -0.332. The van der Waals surface area contributed by atoms with E-state index in [2.05, 4.69) is 0 Å². The molecule has 0 unspecified atom stereocenters. The van der Waals surface area contributed by atoms with Crippen LogP contribution in [0.1, 0.15) is 7.43 Å². The molecule has 0 saturated carbocycles. The van der Waals surface area contributed by atoms with E-state index < -0.39 is 0 Å². The predicted molar refractivity (Wildman–Crippen MR) is 16.7 cm³/mol. The SMILES string of the molecule is C.[C-]#N.[C-]#N.[Pt+2]. The molecule has 0 aliphatic rings. The van der Waals surface area contributed by atoms with Gasteiger partial charge in [0, 0.05) is 0 Å². The van der Waals surface area contributed by atoms with Gasteiger partial charge >= 0.3 is 21.1 Å². The Morgan fingerprint density at radius 1 is 0.833 bits per heavy atom. The largest absolute Gasteiger partial charge is 2.00 e. The molecular weight excluding hydrogens is 259 g/mol. The molecule has 0 aliphatic heterocycles. The molecule has 0 saturated heterocycles. The zero-order valence-corrected chi connectivity index (χ0v) is 4.48. The summed E-state index contributed by atoms with van der Waals surface area (Å²) in [6, 6.07) is 0. The van der Waals surface area contributed by atoms with Gasteiger partial charge in [-0.05, 0) is 0 Å². The molecule has 36 valence electrons. The number of hydrogen-bond donors (Lipinski definition) is 0. The molecule has 0 amide bonds. The topological polar surface area (TPSA) is 47.6 Å². The van der Waals surface area contributed by atoms with E-state index in [0.29, 0.717) is 0 Å². The molecule has 0 bridgehead atoms. The first kappa shape index (κ1) is 44.4. The maximum atomic E-state index is 6.25. The molecule has 0 aliphatic carbocycles. The molecule has 3 heteroatoms. The summed E-state index contributed by atoms with van der Waals surface area (Å²) in [5.74, 6) is 0. The zero-order chi connectivity index (χ0) is 4.00. The normalized spacial score (nSPS) is 0.667. The van der Waals surface area contributed by atoms with Crippen molar-refractivity contribution < 1.29 is 21.1 Å². The average molecular weight is 263 g/mol. The minimum atomic E-state index is 0. The fourth-order valence-electron chi connectivity index (χ4n) is 0. The first-order valence-electron chi connectivity index (χ1n) is 0.447. The third kappa shape index (κ3) is 237. The number of hydrogen-bond acceptors (Lipinski definition) is 2. The molecule has 0 aromatic heterocycles. The van der Waals surface area contributed by atoms with Gasteiger partial charge in [0.1, 0.15) is 0 Å². The van der Waals surface area contributed by atoms with Crippen LogP contribution in [0.15, 0.2) is 0 Å². The van der Waals surface area contributed by atoms with Gasteiger partial charge in [-0.3, -0.25) is 0 Å². The second-order valence-electron chi connectivity index (χ2n) is 0. The monoisotopic (exact) mass is 263 g/mol. The number of nitrogens with zero attached hydrogens (tertiary/aromatic N) is 2. The summed E-state index contributed by atoms with van der Waals surface area (Å²) in [4.78, 5) is 0. The van der Waals surface area contributed by atoms with E-state index in [0.717, 1.165) is 0 Å². The van der Waals surface area contributed by atoms with Crippen LogP contribution in [-0.2, 0) is 21.1 Å². The van der Waals surface area contributed by atoms with Crippen molar-refractivity contribution in [2.24, 2.45) is 0 Å². The Labute approximate surface area is 52.7 Å². The molecule has 0 N–H and O–H groups in total. The van der Waals surface area contributed by atoms with E-state index in [9.17, 15) is 0 Å². The minimum Gasteiger partial charge on any atom is -0.512 e. The van der Waals surface area contributed by atoms with Crippen molar-refractivity contribution in [3.05, 3.63) is 13.1 Å². The van der Waals surface area contributed by atoms with Crippen LogP contribution in [-0.4, -0.2) is 0 Å². The maximum Gasteiger partial charge on any atom is 2.00 e. The van der Waals surface area contributed by atoms with Crippen molar-refractivity contribution in [1.29, 1.82) is 10.5 Å². The second kappa shape index (κ2) is 571. The van der Waals surface area contributed by atoms with Gasteiger partial charge in [-0.1, -0.05) is 7.43 Å². The van der Waals surface area contributed by atoms with Gasteiger partial charge in [-0.25, -0.2) is 0 Å². The summed E-state index contributed by atoms with van der Waals surface area (Å²) in [6.07, 6.45) is 0. The van der Waals surface area contributed by atoms with Crippen LogP contribution >= 0.6 is 0 Å². The van der Waals surface area contributed by atoms with E-state index in [-0.39, 0.29) is 28.5 Å². The van der Waals surface area contributed by atoms with Crippen LogP contribution in [0.2, 0.25) is 0 Å². The molecule has 6 heavy (non-hydrogen) atoms. The summed E-state index contributed by atoms with van der Waals surface area (Å²) in [5, 5.41) is 12.5. The molecular formula is C3H4N2Pt. The van der Waals surface area contributed by atoms with Gasteiger partial charge in [0.15, 0.2) is 0 Å². The summed E-state index contributed by atoms with van der Waals surface area (Å²) < 4.78 is 0. The molecule has 0 atom stereocenters. The third-order valence-electron chi connectivity index (χ3n) is 0. The van der Waals surface area contributed by atoms with Gasteiger partial charge in [-0.2, -0.15) is 0 Å². The molecule has 0 aromatic rings. The van der Waals surface area contributed by atoms with Crippen molar-refractivity contribution >= 4 is 0 Å². The van der Waals surface area contributed by atoms with E-state index in [1.54, 1.807) is 0 Å². The maximum absolute atomic E-state index is 6.25. The van der Waals surface area contributed by atoms with Crippen LogP contribution in [0, 0.1) is 23.7 Å². The van der Waals surface area contributed by atoms with Crippen molar-refractivity contribution in [3.8, 4) is 0 Å². The smallest absolute Gasteiger partial charge is 0.512 e. The Morgan fingerprint density at radius 3 is 0.833 bits per heavy atom. The molecule has 2 nitrogen and oxygen atoms in total. The molecule has 0 fully saturated rings. The fraction of sp³-hybridized carbons (Fsp3) is 0.333. The van der Waals surface area contributed by atoms with Crippen LogP contribution in [0.3, 0.4) is 0 Å². The molecule has 0 spiro atoms. The Bertz CT molecular complexity index is 24.3. The van der Waals surface area contributed by atoms with Crippen LogP contribution < -0.4 is 0 Å². The van der Waals surface area contributed by atoms with E-state index >= 15 is 0 Å². The zero-order valence-electron chi connectivity index (χ0n) is 2.21. The average Bonchev–Trinajstić information content (AvgIpc) is 1.50. The minimum absolute atomic E-state index is 0. The second-order valence-corrected chi connectivity index (χ2v) is 0. The molecule has 0 radical (unpaired) electrons. The van der Waals surface area contributed by atoms with Gasteiger partial charge in [0.05, 0.1) is 0 Å². The Balaban J connectivity index is -0.00000000500. The van der Waals surface area contributed by atoms with E-state index in [4.69, 9.17) is 23.7 Å². The van der Waals surface area contributed by atoms with E-state index in [1.807, 2.05) is 0 Å². The summed E-state index contributed by atoms with van der Waals surface area (Å²) in [6.45, 7) is 9.50. The number of rotatable bonds is 0. The van der Waals surface area contributed by atoms with Crippen LogP contribution in [0.5, 0.6) is 0 Å². The van der Waals surface area contributed by atoms with Crippen molar-refractivity contribution in [1.82, 2.24) is 0 Å². The molecule has 0 rings (SSSR count). The van der Waals surface area contributed by atoms with Gasteiger partial charge < -0.3 is 23.7 Å². The quantitative estimate of drug-likeness (QED) is 0.608. The fourth-order valence-corrected chi connectivity index (χ4v) is 0. The summed E-state index contributed by atoms with van der Waals surface area (Å²) >= 11 is 0. The first-order valence-corrected chi connectivity index (χ1v) is 0.447. The van der Waals surface area contributed by atoms with Crippen LogP contribution in [0.4, 0.5) is 0 Å². The summed E-state index contributed by atoms with van der Waals surface area (Å²) in [7, 11) is 0. The van der Waals surface area contributed by atoms with Gasteiger partial charge in [-0.15, -0.1) is 0 Å². The van der Waals surface area contributed by atoms with Crippen molar-refractivity contribution in [2.75, 3.05) is 0 Å². The van der Waals surface area contributed by atoms with Crippen molar-refractivity contribution in [3.63, 3.8) is 0 Å².